The van der Waals surface area contributed by atoms with Crippen molar-refractivity contribution < 1.29 is 162 Å². The number of aliphatic hydroxyl groups is 14. The molecule has 0 aromatic rings. The number of esters is 1. The van der Waals surface area contributed by atoms with Crippen molar-refractivity contribution in [2.75, 3.05) is 47.3 Å². The summed E-state index contributed by atoms with van der Waals surface area (Å²) in [7, 11) is 2.62. The van der Waals surface area contributed by atoms with Gasteiger partial charge >= 0.3 is 18.1 Å². The van der Waals surface area contributed by atoms with E-state index in [4.69, 9.17) is 71.1 Å². The first kappa shape index (κ1) is 90.7. The van der Waals surface area contributed by atoms with Gasteiger partial charge in [-0.25, -0.2) is 9.59 Å². The first-order valence-electron chi connectivity index (χ1n) is 41.3. The lowest BCUT2D eigenvalue weighted by molar-refractivity contribution is -0.375. The predicted octanol–water partition coefficient (Wildman–Crippen LogP) is 2.04. The Labute approximate surface area is 661 Å². The molecule has 113 heavy (non-hydrogen) atoms. The van der Waals surface area contributed by atoms with Gasteiger partial charge in [-0.15, -0.1) is 0 Å². The maximum absolute atomic E-state index is 16.2. The number of fused-ring (bicyclic) bond motifs is 7. The molecule has 0 aromatic carbocycles. The van der Waals surface area contributed by atoms with Gasteiger partial charge < -0.3 is 148 Å². The lowest BCUT2D eigenvalue weighted by atomic mass is 9.33. The highest BCUT2D eigenvalue weighted by Crippen LogP contribution is 2.76. The Bertz CT molecular complexity index is 3150. The zero-order chi connectivity index (χ0) is 82.4. The number of allylic oxidation sites excluding steroid dienone is 2. The van der Waals surface area contributed by atoms with Crippen LogP contribution in [-0.2, 0) is 80.6 Å². The van der Waals surface area contributed by atoms with Crippen LogP contribution in [0.25, 0.3) is 0 Å². The average molecular weight is 1620 g/mol. The van der Waals surface area contributed by atoms with E-state index in [0.717, 1.165) is 31.3 Å². The monoisotopic (exact) mass is 1620 g/mol. The molecule has 0 spiro atoms. The molecule has 15 N–H and O–H groups in total. The van der Waals surface area contributed by atoms with Crippen molar-refractivity contribution in [2.24, 2.45) is 56.2 Å². The first-order valence-corrected chi connectivity index (χ1v) is 41.3. The average Bonchev–Trinajstić information content (AvgIpc) is 0.670. The summed E-state index contributed by atoms with van der Waals surface area (Å²) in [5.74, 6) is -4.70. The molecule has 0 radical (unpaired) electrons. The van der Waals surface area contributed by atoms with Crippen molar-refractivity contribution in [1.82, 2.24) is 0 Å². The summed E-state index contributed by atoms with van der Waals surface area (Å²) in [6, 6.07) is 0. The molecular weight excluding hydrogens is 1490 g/mol. The summed E-state index contributed by atoms with van der Waals surface area (Å²) in [4.78, 5) is 42.9. The molecule has 38 atom stereocenters. The Hall–Kier alpha value is -3.09. The number of methoxy groups -OCH3 is 2. The van der Waals surface area contributed by atoms with Crippen molar-refractivity contribution >= 4 is 18.1 Å². The zero-order valence-electron chi connectivity index (χ0n) is 67.4. The normalized spacial score (nSPS) is 48.5. The van der Waals surface area contributed by atoms with E-state index in [9.17, 15) is 86.2 Å². The largest absolute Gasteiger partial charge is 0.508 e. The summed E-state index contributed by atoms with van der Waals surface area (Å²) in [5, 5.41) is 170. The van der Waals surface area contributed by atoms with Crippen LogP contribution < -0.4 is 0 Å². The van der Waals surface area contributed by atoms with Crippen LogP contribution in [0.15, 0.2) is 11.6 Å². The predicted molar refractivity (Wildman–Crippen MR) is 391 cm³/mol. The fourth-order valence-electron chi connectivity index (χ4n) is 22.0. The van der Waals surface area contributed by atoms with E-state index in [1.165, 1.54) is 53.2 Å². The molecule has 5 aliphatic heterocycles. The second-order valence-corrected chi connectivity index (χ2v) is 36.2. The molecule has 21 unspecified atom stereocenters. The van der Waals surface area contributed by atoms with E-state index >= 15 is 4.79 Å². The molecule has 33 nitrogen and oxygen atoms in total. The van der Waals surface area contributed by atoms with Crippen LogP contribution >= 0.6 is 0 Å². The Morgan fingerprint density at radius 2 is 1.14 bits per heavy atom. The van der Waals surface area contributed by atoms with Crippen LogP contribution in [0.5, 0.6) is 0 Å². The zero-order valence-corrected chi connectivity index (χ0v) is 67.4. The maximum Gasteiger partial charge on any atom is 0.508 e. The first-order chi connectivity index (χ1) is 53.4. The number of carbonyl (C=O) groups is 3. The third kappa shape index (κ3) is 17.6. The highest BCUT2D eigenvalue weighted by atomic mass is 16.8. The van der Waals surface area contributed by atoms with Crippen molar-refractivity contribution in [3.8, 4) is 0 Å². The molecule has 0 aromatic heterocycles. The van der Waals surface area contributed by atoms with Gasteiger partial charge in [-0.3, -0.25) is 4.79 Å². The number of hydrogen-bond donors (Lipinski definition) is 15. The third-order valence-electron chi connectivity index (χ3n) is 28.8. The molecule has 10 fully saturated rings. The third-order valence-corrected chi connectivity index (χ3v) is 28.8. The molecule has 6 aliphatic carbocycles. The Balaban J connectivity index is 0.851. The molecule has 5 heterocycles. The number of carbonyl (C=O) groups excluding carboxylic acids is 2. The number of ether oxygens (including phenoxy) is 15. The van der Waals surface area contributed by atoms with Gasteiger partial charge in [0.2, 0.25) is 6.29 Å². The summed E-state index contributed by atoms with van der Waals surface area (Å²) in [5.41, 5.74) is -4.22. The minimum Gasteiger partial charge on any atom is -0.479 e. The van der Waals surface area contributed by atoms with Crippen LogP contribution in [0.2, 0.25) is 0 Å². The lowest BCUT2D eigenvalue weighted by Crippen LogP contribution is -2.69. The van der Waals surface area contributed by atoms with Crippen molar-refractivity contribution in [2.45, 2.75) is 369 Å². The van der Waals surface area contributed by atoms with Crippen molar-refractivity contribution in [3.63, 3.8) is 0 Å². The molecule has 11 rings (SSSR count). The summed E-state index contributed by atoms with van der Waals surface area (Å²) >= 11 is 0. The van der Waals surface area contributed by atoms with E-state index in [-0.39, 0.29) is 56.1 Å². The topological polar surface area (TPSA) is 493 Å². The Morgan fingerprint density at radius 3 is 1.79 bits per heavy atom. The highest BCUT2D eigenvalue weighted by molar-refractivity contribution is 5.80. The minimum absolute atomic E-state index is 0.0424. The van der Waals surface area contributed by atoms with Crippen molar-refractivity contribution in [3.05, 3.63) is 11.6 Å². The summed E-state index contributed by atoms with van der Waals surface area (Å²) in [6.07, 6.45) is -31.4. The van der Waals surface area contributed by atoms with Crippen LogP contribution in [-0.4, -0.2) is 320 Å². The number of carboxylic acids is 1. The van der Waals surface area contributed by atoms with Crippen LogP contribution in [0.3, 0.4) is 0 Å². The smallest absolute Gasteiger partial charge is 0.479 e. The second kappa shape index (κ2) is 37.1. The number of rotatable bonds is 29. The van der Waals surface area contributed by atoms with Gasteiger partial charge in [0, 0.05) is 32.2 Å². The molecule has 0 amide bonds. The Kier molecular flexibility index (Phi) is 29.8. The van der Waals surface area contributed by atoms with E-state index in [2.05, 4.69) is 47.6 Å². The van der Waals surface area contributed by atoms with Gasteiger partial charge in [0.05, 0.1) is 63.1 Å². The van der Waals surface area contributed by atoms with Gasteiger partial charge in [0.25, 0.3) is 0 Å². The van der Waals surface area contributed by atoms with Crippen LogP contribution in [0.1, 0.15) is 191 Å². The van der Waals surface area contributed by atoms with Crippen molar-refractivity contribution in [1.29, 1.82) is 0 Å². The van der Waals surface area contributed by atoms with Gasteiger partial charge in [0.15, 0.2) is 43.5 Å². The van der Waals surface area contributed by atoms with E-state index in [1.807, 2.05) is 6.92 Å². The SMILES string of the molecule is CCCCCCCCCCCCOC(=O)O[C@H]1C(C)O[C@@H](OC(=O)[C@]23CCC(C)(C)CC2C2=CCC4[C@@]5(C)CCC(O[C@@H]6OC(C(=O)O)[C@@H](O)C(O[C@@H]7OC[C@@H](O)C(O)C7O)C6O[C@@H]6CC(CO)[C@H](O)C(O)C6O)[C@@](C)(CO)C5CC[C@@]4(C)[C@]2(C)CC3O)C(O[C@@H]2OC(C)[C@H](O[C@@H]3OC[C@@H](O)C(OC)C3O)C(OC)C2O)C1O. The Morgan fingerprint density at radius 1 is 0.531 bits per heavy atom. The number of aliphatic hydroxyl groups excluding tert-OH is 14. The molecular formula is C80H132O33. The lowest BCUT2D eigenvalue weighted by Gasteiger charge is -2.72. The van der Waals surface area contributed by atoms with E-state index in [0.29, 0.717) is 44.9 Å². The number of aliphatic carboxylic acids is 1. The molecule has 11 aliphatic rings. The van der Waals surface area contributed by atoms with Gasteiger partial charge in [0.1, 0.15) is 97.0 Å². The molecule has 33 heteroatoms. The fraction of sp³-hybridized carbons (Fsp3) is 0.938. The second-order valence-electron chi connectivity index (χ2n) is 36.2. The van der Waals surface area contributed by atoms with E-state index < -0.39 is 255 Å². The fourth-order valence-corrected chi connectivity index (χ4v) is 22.0. The van der Waals surface area contributed by atoms with Gasteiger partial charge in [-0.2, -0.15) is 0 Å². The van der Waals surface area contributed by atoms with Gasteiger partial charge in [-0.05, 0) is 124 Å². The van der Waals surface area contributed by atoms with Crippen LogP contribution in [0.4, 0.5) is 4.79 Å². The summed E-state index contributed by atoms with van der Waals surface area (Å²) in [6.45, 7) is 16.1. The van der Waals surface area contributed by atoms with Gasteiger partial charge in [-0.1, -0.05) is 118 Å². The molecule has 5 saturated carbocycles. The number of unbranched alkanes of at least 4 members (excludes halogenated alkanes) is 9. The highest BCUT2D eigenvalue weighted by Gasteiger charge is 2.73. The maximum atomic E-state index is 16.2. The van der Waals surface area contributed by atoms with Crippen LogP contribution in [0, 0.1) is 56.2 Å². The molecule has 5 saturated heterocycles. The van der Waals surface area contributed by atoms with E-state index in [1.54, 1.807) is 6.92 Å². The number of hydrogen-bond acceptors (Lipinski definition) is 32. The standard InChI is InChI=1S/C80H132O33/c1-12-13-14-15-16-17-18-19-20-21-30-101-74(98)112-59-38(2)105-71(65(55(59)91)111-70-58(94)62(100-11)60(39(3)104-70)108-69-57(93)61(99-10)44(84)36-103-69)113-73(97)80-29-28-75(4,5)32-42(80)41-22-23-47-76(6)26-25-49(77(7,37-82)46(76)24-27-78(47,8)79(41,9)33-48(80)85)107-72-66(106-45-31-40(34-81)50(86)53(89)52(45)88)63(56(92)64(110-72)67(95)96)109-68-54(90)51(87)43(83)35-102-68/h22,38-40,42-66,68-72,81-94H,12-21,23-37H2,1-11H3,(H,95,96)/t38?,39?,40?,42?,43-,44-,45-,46?,47?,48?,49?,50+,51?,52?,53?,54?,55?,56+,57?,58?,59+,60+,61?,62?,63?,64?,65?,66?,68+,69+,70+,71+,72-,76+,77+,78-,79-,80-/m1/s1. The quantitative estimate of drug-likeness (QED) is 0.0220. The summed E-state index contributed by atoms with van der Waals surface area (Å²) < 4.78 is 91.8. The molecule has 650 valence electrons. The number of carboxylic acid groups (broad SMARTS) is 1. The molecule has 0 bridgehead atoms. The minimum atomic E-state index is -2.14.